The Kier molecular flexibility index (Phi) is 21.8. The Labute approximate surface area is 574 Å². The molecule has 0 saturated carbocycles. The Hall–Kier alpha value is -9.49. The number of aliphatic carboxylic acids is 1. The van der Waals surface area contributed by atoms with Gasteiger partial charge in [0.2, 0.25) is 53.4 Å². The summed E-state index contributed by atoms with van der Waals surface area (Å²) in [5, 5.41) is 130. The van der Waals surface area contributed by atoms with Gasteiger partial charge >= 0.3 is 5.97 Å². The minimum atomic E-state index is -2.31. The van der Waals surface area contributed by atoms with Crippen LogP contribution < -0.4 is 62.9 Å². The molecule has 11 bridgehead atoms. The van der Waals surface area contributed by atoms with Crippen LogP contribution in [0.1, 0.15) is 105 Å². The molecule has 9 unspecified atom stereocenters. The molecule has 536 valence electrons. The molecule has 34 heteroatoms. The van der Waals surface area contributed by atoms with Crippen molar-refractivity contribution in [3.8, 4) is 57.1 Å². The highest BCUT2D eigenvalue weighted by molar-refractivity contribution is 6.32. The highest BCUT2D eigenvalue weighted by Crippen LogP contribution is 2.49. The van der Waals surface area contributed by atoms with Crippen LogP contribution in [0, 0.1) is 5.92 Å². The van der Waals surface area contributed by atoms with E-state index in [4.69, 9.17) is 51.5 Å². The first-order chi connectivity index (χ1) is 47.2. The zero-order valence-corrected chi connectivity index (χ0v) is 54.8. The van der Waals surface area contributed by atoms with E-state index in [1.807, 2.05) is 13.8 Å². The van der Waals surface area contributed by atoms with Crippen molar-refractivity contribution >= 4 is 58.9 Å². The summed E-state index contributed by atoms with van der Waals surface area (Å²) in [5.41, 5.74) is 8.42. The molecular formula is C66H76ClN9O24. The fourth-order valence-electron chi connectivity index (χ4n) is 12.4. The third-order valence-electron chi connectivity index (χ3n) is 17.7. The van der Waals surface area contributed by atoms with E-state index in [2.05, 4.69) is 37.2 Å². The largest absolute Gasteiger partial charge is 0.508 e. The monoisotopic (exact) mass is 1410 g/mol. The zero-order chi connectivity index (χ0) is 72.7. The number of halogens is 1. The van der Waals surface area contributed by atoms with Crippen LogP contribution in [0.2, 0.25) is 5.02 Å². The normalized spacial score (nSPS) is 29.6. The van der Waals surface area contributed by atoms with Gasteiger partial charge in [-0.15, -0.1) is 0 Å². The Balaban J connectivity index is 1.25. The van der Waals surface area contributed by atoms with E-state index in [-0.39, 0.29) is 52.0 Å². The maximum atomic E-state index is 16.1. The second-order valence-corrected chi connectivity index (χ2v) is 26.0. The predicted molar refractivity (Wildman–Crippen MR) is 344 cm³/mol. The summed E-state index contributed by atoms with van der Waals surface area (Å²) in [5.74, 6) is -15.4. The third kappa shape index (κ3) is 15.4. The van der Waals surface area contributed by atoms with Gasteiger partial charge in [0.15, 0.2) is 23.8 Å². The van der Waals surface area contributed by atoms with Gasteiger partial charge in [-0.25, -0.2) is 4.79 Å². The first-order valence-electron chi connectivity index (χ1n) is 31.5. The molecule has 0 spiro atoms. The fraction of sp³-hybridized carbons (Fsp3) is 0.424. The van der Waals surface area contributed by atoms with E-state index in [1.54, 1.807) is 0 Å². The van der Waals surface area contributed by atoms with E-state index in [1.165, 1.54) is 57.3 Å². The van der Waals surface area contributed by atoms with E-state index >= 15 is 19.2 Å². The molecule has 2 fully saturated rings. The molecule has 2 saturated heterocycles. The number of nitrogens with two attached hydrogens (primary N) is 2. The summed E-state index contributed by atoms with van der Waals surface area (Å²) in [7, 11) is 1.48. The zero-order valence-electron chi connectivity index (χ0n) is 54.0. The van der Waals surface area contributed by atoms with E-state index < -0.39 is 226 Å². The molecule has 0 radical (unpaired) electrons. The number of phenolic OH excluding ortho intramolecular Hbond substituents is 3. The third-order valence-corrected chi connectivity index (χ3v) is 18.0. The summed E-state index contributed by atoms with van der Waals surface area (Å²) >= 11 is 7.00. The maximum absolute atomic E-state index is 16.1. The number of carbonyl (C=O) groups is 8. The number of fused-ring (bicyclic) bond motifs is 15. The minimum absolute atomic E-state index is 0.0301. The van der Waals surface area contributed by atoms with Gasteiger partial charge < -0.3 is 128 Å². The van der Waals surface area contributed by atoms with Crippen molar-refractivity contribution in [1.82, 2.24) is 37.2 Å². The number of ether oxygens (including phenoxy) is 6. The van der Waals surface area contributed by atoms with Gasteiger partial charge in [-0.05, 0) is 110 Å². The molecule has 33 nitrogen and oxygen atoms in total. The lowest BCUT2D eigenvalue weighted by atomic mass is 9.86. The topological polar surface area (TPSA) is 530 Å². The summed E-state index contributed by atoms with van der Waals surface area (Å²) in [6.07, 6.45) is -18.6. The van der Waals surface area contributed by atoms with Gasteiger partial charge in [-0.3, -0.25) is 33.6 Å². The number of primary amides is 1. The van der Waals surface area contributed by atoms with Crippen LogP contribution in [0.5, 0.6) is 46.0 Å². The van der Waals surface area contributed by atoms with Crippen molar-refractivity contribution in [2.24, 2.45) is 17.4 Å². The van der Waals surface area contributed by atoms with Crippen LogP contribution in [0.25, 0.3) is 11.1 Å². The summed E-state index contributed by atoms with van der Waals surface area (Å²) in [6.45, 7) is 5.66. The molecule has 12 rings (SSSR count). The number of aromatic hydroxyl groups is 3. The minimum Gasteiger partial charge on any atom is -0.508 e. The lowest BCUT2D eigenvalue weighted by Crippen LogP contribution is -2.61. The molecule has 18 atom stereocenters. The number of likely N-dealkylation sites (N-methyl/N-ethyl adjacent to an activating group) is 1. The van der Waals surface area contributed by atoms with Crippen LogP contribution in [0.4, 0.5) is 0 Å². The molecule has 21 N–H and O–H groups in total. The molecule has 0 aliphatic carbocycles. The summed E-state index contributed by atoms with van der Waals surface area (Å²) in [6, 6.07) is 1.57. The molecule has 7 aliphatic rings. The van der Waals surface area contributed by atoms with Gasteiger partial charge in [0.1, 0.15) is 95.6 Å². The Morgan fingerprint density at radius 2 is 1.38 bits per heavy atom. The molecule has 100 heavy (non-hydrogen) atoms. The van der Waals surface area contributed by atoms with Crippen molar-refractivity contribution in [2.75, 3.05) is 13.7 Å². The van der Waals surface area contributed by atoms with Crippen molar-refractivity contribution in [3.05, 3.63) is 118 Å². The number of hydrogen-bond donors (Lipinski definition) is 19. The Bertz CT molecular complexity index is 3990. The standard InChI is InChI=1S/C66H76ClN9O24/c1-24(2)14-35(70-5)58(87)75-49-51(82)28-9-13-39(34(67)16-28)97-41-18-29-17-40(56(41)100-65-54(85)53(84)52(83)42(23-77)98-65)96-31-10-6-26(7-11-31)55(99-44-22-66(4,69)57(86)25(3)95-44)50-63(92)74-48(64(93)94)33-19-30(78)20-38(80)45(33)32-15-27(8-12-37(32)79)46(60(89)76-50)73-61(90)47(29)72-59(88)36(21-43(68)81)71-62(49)91/h6-13,15-20,24-25,35-36,42,44,46-55,57,65,70,77-80,82-86H,14,21-23,69H2,1-5H3,(H2,68,81)(H,71,91)(H,72,88)(H,73,90)(H,74,92)(H,75,87)(H,76,89)(H,93,94)/t25?,35-,36+,42?,44?,46-,47-,48+,49-,50+,51-,52?,53?,54?,55-,57?,65?,66?/m1/s1. The summed E-state index contributed by atoms with van der Waals surface area (Å²) < 4.78 is 38.0. The Morgan fingerprint density at radius 3 is 2.02 bits per heavy atom. The number of carboxylic acid groups (broad SMARTS) is 1. The van der Waals surface area contributed by atoms with Crippen molar-refractivity contribution in [3.63, 3.8) is 0 Å². The average molecular weight is 1410 g/mol. The number of phenols is 3. The molecule has 7 amide bonds. The Morgan fingerprint density at radius 1 is 0.730 bits per heavy atom. The fourth-order valence-corrected chi connectivity index (χ4v) is 12.7. The lowest BCUT2D eigenvalue weighted by Gasteiger charge is -2.44. The number of aliphatic hydroxyl groups is 6. The number of benzene rings is 5. The molecule has 5 aromatic carbocycles. The van der Waals surface area contributed by atoms with E-state index in [0.717, 1.165) is 48.5 Å². The summed E-state index contributed by atoms with van der Waals surface area (Å²) in [4.78, 5) is 118. The SMILES string of the molecule is CN[C@H](CC(C)C)C(=O)N[C@H]1C(=O)N[C@@H](CC(N)=O)C(=O)N[C@H]2C(=O)N[C@H]3C(=O)N[C@H](C(=O)N[C@H](C(=O)O)c4cc(O)cc(O)c4-c4cc3ccc4O)[C@H](OC3CC(C)(N)C(O)C(C)O3)c3ccc(cc3)Oc3cc2cc(c3OC2OC(CO)C(O)C(O)C2O)Oc2ccc(cc2Cl)[C@H]1O. The quantitative estimate of drug-likeness (QED) is 0.0703. The number of aliphatic hydroxyl groups excluding tert-OH is 6. The van der Waals surface area contributed by atoms with Gasteiger partial charge in [-0.2, -0.15) is 0 Å². The number of nitrogens with one attached hydrogen (secondary N) is 7. The van der Waals surface area contributed by atoms with E-state index in [0.29, 0.717) is 0 Å². The predicted octanol–water partition coefficient (Wildman–Crippen LogP) is -0.547. The van der Waals surface area contributed by atoms with Crippen molar-refractivity contribution in [2.45, 2.75) is 156 Å². The van der Waals surface area contributed by atoms with Crippen LogP contribution >= 0.6 is 11.6 Å². The van der Waals surface area contributed by atoms with Crippen LogP contribution in [-0.2, 0) is 52.6 Å². The number of rotatable bonds is 13. The average Bonchev–Trinajstić information content (AvgIpc) is 0.769. The van der Waals surface area contributed by atoms with Gasteiger partial charge in [-0.1, -0.05) is 49.7 Å². The number of hydrogen-bond acceptors (Lipinski definition) is 25. The van der Waals surface area contributed by atoms with Gasteiger partial charge in [0, 0.05) is 34.7 Å². The first-order valence-corrected chi connectivity index (χ1v) is 31.9. The van der Waals surface area contributed by atoms with Crippen LogP contribution in [0.15, 0.2) is 84.9 Å². The smallest absolute Gasteiger partial charge is 0.330 e. The molecular weight excluding hydrogens is 1340 g/mol. The first kappa shape index (κ1) is 73.2. The molecule has 7 aliphatic heterocycles. The van der Waals surface area contributed by atoms with Crippen LogP contribution in [0.3, 0.4) is 0 Å². The molecule has 5 aromatic rings. The number of amides is 7. The lowest BCUT2D eigenvalue weighted by molar-refractivity contribution is -0.277. The number of carboxylic acids is 1. The molecule has 0 aromatic heterocycles. The second-order valence-electron chi connectivity index (χ2n) is 25.6. The second kappa shape index (κ2) is 29.8. The van der Waals surface area contributed by atoms with Gasteiger partial charge in [0.05, 0.1) is 36.3 Å². The molecule has 7 heterocycles. The van der Waals surface area contributed by atoms with Crippen molar-refractivity contribution in [1.29, 1.82) is 0 Å². The number of carbonyl (C=O) groups excluding carboxylic acids is 7. The highest BCUT2D eigenvalue weighted by atomic mass is 35.5. The highest BCUT2D eigenvalue weighted by Gasteiger charge is 2.49. The van der Waals surface area contributed by atoms with E-state index in [9.17, 15) is 70.2 Å². The van der Waals surface area contributed by atoms with Crippen LogP contribution in [-0.4, -0.2) is 191 Å². The van der Waals surface area contributed by atoms with Gasteiger partial charge in [0.25, 0.3) is 0 Å². The van der Waals surface area contributed by atoms with Crippen molar-refractivity contribution < 1.29 is 118 Å². The maximum Gasteiger partial charge on any atom is 0.330 e.